The molecular weight excluding hydrogens is 218 g/mol. The third-order valence-corrected chi connectivity index (χ3v) is 4.36. The molecular formula is C14H18ClN. The van der Waals surface area contributed by atoms with E-state index in [1.807, 2.05) is 0 Å². The van der Waals surface area contributed by atoms with Crippen LogP contribution in [0.15, 0.2) is 12.1 Å². The summed E-state index contributed by atoms with van der Waals surface area (Å²) in [6.07, 6.45) is 8.23. The van der Waals surface area contributed by atoms with Crippen molar-refractivity contribution in [1.82, 2.24) is 0 Å². The van der Waals surface area contributed by atoms with Gasteiger partial charge < -0.3 is 5.73 Å². The van der Waals surface area contributed by atoms with Gasteiger partial charge in [-0.15, -0.1) is 0 Å². The van der Waals surface area contributed by atoms with Crippen molar-refractivity contribution in [3.8, 4) is 0 Å². The molecule has 1 fully saturated rings. The van der Waals surface area contributed by atoms with Crippen LogP contribution in [0.3, 0.4) is 0 Å². The summed E-state index contributed by atoms with van der Waals surface area (Å²) >= 11 is 6.31. The van der Waals surface area contributed by atoms with Crippen LogP contribution in [0, 0.1) is 0 Å². The summed E-state index contributed by atoms with van der Waals surface area (Å²) in [6.45, 7) is 0. The molecule has 1 saturated carbocycles. The second kappa shape index (κ2) is 3.75. The molecule has 86 valence electrons. The number of halogens is 1. The molecule has 2 aliphatic carbocycles. The molecule has 0 heterocycles. The molecule has 2 heteroatoms. The summed E-state index contributed by atoms with van der Waals surface area (Å²) in [5.74, 6) is 0. The number of rotatable bonds is 3. The number of benzene rings is 1. The van der Waals surface area contributed by atoms with Crippen LogP contribution < -0.4 is 5.73 Å². The average molecular weight is 236 g/mol. The number of hydrogen-bond donors (Lipinski definition) is 1. The van der Waals surface area contributed by atoms with Crippen molar-refractivity contribution in [3.05, 3.63) is 33.8 Å². The van der Waals surface area contributed by atoms with Crippen LogP contribution in [0.25, 0.3) is 0 Å². The zero-order valence-corrected chi connectivity index (χ0v) is 10.3. The first-order valence-corrected chi connectivity index (χ1v) is 6.63. The molecule has 1 aromatic carbocycles. The van der Waals surface area contributed by atoms with Gasteiger partial charge in [-0.3, -0.25) is 0 Å². The fourth-order valence-electron chi connectivity index (χ4n) is 2.66. The predicted octanol–water partition coefficient (Wildman–Crippen LogP) is 3.25. The van der Waals surface area contributed by atoms with Gasteiger partial charge in [0.25, 0.3) is 0 Å². The topological polar surface area (TPSA) is 26.0 Å². The van der Waals surface area contributed by atoms with E-state index in [4.69, 9.17) is 17.3 Å². The summed E-state index contributed by atoms with van der Waals surface area (Å²) in [6, 6.07) is 4.50. The maximum absolute atomic E-state index is 6.31. The van der Waals surface area contributed by atoms with E-state index in [0.29, 0.717) is 0 Å². The maximum atomic E-state index is 6.31. The molecule has 1 nitrogen and oxygen atoms in total. The fourth-order valence-corrected chi connectivity index (χ4v) is 3.02. The molecule has 2 N–H and O–H groups in total. The van der Waals surface area contributed by atoms with Gasteiger partial charge in [0.1, 0.15) is 0 Å². The predicted molar refractivity (Wildman–Crippen MR) is 68.0 cm³/mol. The first-order chi connectivity index (χ1) is 7.66. The van der Waals surface area contributed by atoms with Gasteiger partial charge in [0, 0.05) is 10.6 Å². The fraction of sp³-hybridized carbons (Fsp3) is 0.571. The smallest absolute Gasteiger partial charge is 0.0443 e. The van der Waals surface area contributed by atoms with E-state index < -0.39 is 0 Å². The van der Waals surface area contributed by atoms with Crippen molar-refractivity contribution >= 4 is 11.6 Å². The van der Waals surface area contributed by atoms with E-state index in [1.165, 1.54) is 42.4 Å². The van der Waals surface area contributed by atoms with E-state index in [9.17, 15) is 0 Å². The number of hydrogen-bond acceptors (Lipinski definition) is 1. The summed E-state index contributed by atoms with van der Waals surface area (Å²) in [5.41, 5.74) is 10.5. The lowest BCUT2D eigenvalue weighted by Gasteiger charge is -2.10. The lowest BCUT2D eigenvalue weighted by molar-refractivity contribution is 0.609. The number of nitrogens with two attached hydrogens (primary N) is 1. The van der Waals surface area contributed by atoms with Gasteiger partial charge in [0.05, 0.1) is 0 Å². The van der Waals surface area contributed by atoms with Gasteiger partial charge >= 0.3 is 0 Å². The molecule has 0 aromatic heterocycles. The van der Waals surface area contributed by atoms with Crippen LogP contribution in [0.1, 0.15) is 42.4 Å². The minimum absolute atomic E-state index is 0.158. The van der Waals surface area contributed by atoms with Crippen molar-refractivity contribution in [2.75, 3.05) is 0 Å². The first-order valence-electron chi connectivity index (χ1n) is 6.25. The molecule has 16 heavy (non-hydrogen) atoms. The van der Waals surface area contributed by atoms with E-state index >= 15 is 0 Å². The first kappa shape index (κ1) is 10.6. The summed E-state index contributed by atoms with van der Waals surface area (Å²) < 4.78 is 0. The Morgan fingerprint density at radius 2 is 2.06 bits per heavy atom. The molecule has 3 rings (SSSR count). The van der Waals surface area contributed by atoms with Crippen LogP contribution in [-0.4, -0.2) is 5.54 Å². The van der Waals surface area contributed by atoms with Gasteiger partial charge in [-0.25, -0.2) is 0 Å². The maximum Gasteiger partial charge on any atom is 0.0443 e. The Labute approximate surface area is 102 Å². The standard InChI is InChI=1S/C14H18ClN/c15-13-9-10(4-5-14(16)6-7-14)8-11-2-1-3-12(11)13/h8-9H,1-7,16H2. The van der Waals surface area contributed by atoms with E-state index in [1.54, 1.807) is 0 Å². The molecule has 0 spiro atoms. The van der Waals surface area contributed by atoms with Crippen molar-refractivity contribution in [2.24, 2.45) is 5.73 Å². The van der Waals surface area contributed by atoms with Gasteiger partial charge in [-0.2, -0.15) is 0 Å². The van der Waals surface area contributed by atoms with Crippen molar-refractivity contribution < 1.29 is 0 Å². The van der Waals surface area contributed by atoms with Gasteiger partial charge in [0.2, 0.25) is 0 Å². The summed E-state index contributed by atoms with van der Waals surface area (Å²) in [4.78, 5) is 0. The minimum Gasteiger partial charge on any atom is -0.325 e. The molecule has 0 aliphatic heterocycles. The average Bonchev–Trinajstić information content (AvgIpc) is 2.79. The SMILES string of the molecule is NC1(CCc2cc(Cl)c3c(c2)CCC3)CC1. The Morgan fingerprint density at radius 1 is 1.25 bits per heavy atom. The van der Waals surface area contributed by atoms with E-state index in [-0.39, 0.29) is 5.54 Å². The summed E-state index contributed by atoms with van der Waals surface area (Å²) in [5, 5.41) is 0.979. The highest BCUT2D eigenvalue weighted by Crippen LogP contribution is 2.37. The third kappa shape index (κ3) is 1.99. The molecule has 0 unspecified atom stereocenters. The Bertz CT molecular complexity index is 421. The molecule has 0 saturated heterocycles. The quantitative estimate of drug-likeness (QED) is 0.855. The highest BCUT2D eigenvalue weighted by molar-refractivity contribution is 6.31. The van der Waals surface area contributed by atoms with Crippen LogP contribution in [0.5, 0.6) is 0 Å². The second-order valence-electron chi connectivity index (χ2n) is 5.43. The normalized spacial score (nSPS) is 20.9. The van der Waals surface area contributed by atoms with Gasteiger partial charge in [-0.1, -0.05) is 17.7 Å². The van der Waals surface area contributed by atoms with Gasteiger partial charge in [-0.05, 0) is 67.7 Å². The molecule has 0 amide bonds. The van der Waals surface area contributed by atoms with Crippen molar-refractivity contribution in [2.45, 2.75) is 50.5 Å². The van der Waals surface area contributed by atoms with Crippen molar-refractivity contribution in [3.63, 3.8) is 0 Å². The van der Waals surface area contributed by atoms with Gasteiger partial charge in [0.15, 0.2) is 0 Å². The third-order valence-electron chi connectivity index (χ3n) is 4.02. The zero-order valence-electron chi connectivity index (χ0n) is 9.56. The molecule has 1 aromatic rings. The minimum atomic E-state index is 0.158. The zero-order chi connectivity index (χ0) is 11.2. The number of aryl methyl sites for hydroxylation is 2. The summed E-state index contributed by atoms with van der Waals surface area (Å²) in [7, 11) is 0. The highest BCUT2D eigenvalue weighted by Gasteiger charge is 2.37. The van der Waals surface area contributed by atoms with Crippen LogP contribution in [0.2, 0.25) is 5.02 Å². The Hall–Kier alpha value is -0.530. The molecule has 0 atom stereocenters. The highest BCUT2D eigenvalue weighted by atomic mass is 35.5. The van der Waals surface area contributed by atoms with Crippen LogP contribution >= 0.6 is 11.6 Å². The van der Waals surface area contributed by atoms with Crippen molar-refractivity contribution in [1.29, 1.82) is 0 Å². The largest absolute Gasteiger partial charge is 0.325 e. The van der Waals surface area contributed by atoms with E-state index in [0.717, 1.165) is 24.3 Å². The molecule has 0 bridgehead atoms. The molecule has 2 aliphatic rings. The van der Waals surface area contributed by atoms with Crippen LogP contribution in [0.4, 0.5) is 0 Å². The van der Waals surface area contributed by atoms with Crippen LogP contribution in [-0.2, 0) is 19.3 Å². The Morgan fingerprint density at radius 3 is 2.81 bits per heavy atom. The lowest BCUT2D eigenvalue weighted by atomic mass is 10.0. The second-order valence-corrected chi connectivity index (χ2v) is 5.84. The Balaban J connectivity index is 1.77. The van der Waals surface area contributed by atoms with E-state index in [2.05, 4.69) is 12.1 Å². The Kier molecular flexibility index (Phi) is 2.49. The monoisotopic (exact) mass is 235 g/mol. The lowest BCUT2D eigenvalue weighted by Crippen LogP contribution is -2.22. The number of fused-ring (bicyclic) bond motifs is 1. The molecule has 0 radical (unpaired) electrons.